The van der Waals surface area contributed by atoms with E-state index in [0.717, 1.165) is 24.8 Å². The largest absolute Gasteiger partial charge is 0.481 e. The van der Waals surface area contributed by atoms with E-state index in [2.05, 4.69) is 11.9 Å². The fourth-order valence-corrected chi connectivity index (χ4v) is 5.00. The first-order chi connectivity index (χ1) is 17.5. The normalized spacial score (nSPS) is 21.1. The van der Waals surface area contributed by atoms with Crippen molar-refractivity contribution in [1.82, 2.24) is 14.9 Å². The van der Waals surface area contributed by atoms with Crippen LogP contribution >= 0.6 is 0 Å². The van der Waals surface area contributed by atoms with E-state index in [1.165, 1.54) is 11.3 Å². The molecular formula is C26H35N3O7. The number of fused-ring (bicyclic) bond motifs is 1. The number of amides is 1. The van der Waals surface area contributed by atoms with Gasteiger partial charge < -0.3 is 19.0 Å². The van der Waals surface area contributed by atoms with Crippen molar-refractivity contribution in [3.8, 4) is 11.5 Å². The average Bonchev–Trinajstić information content (AvgIpc) is 3.62. The number of aryl methyl sites for hydroxylation is 1. The van der Waals surface area contributed by atoms with E-state index in [-0.39, 0.29) is 31.2 Å². The summed E-state index contributed by atoms with van der Waals surface area (Å²) in [6, 6.07) is 5.19. The monoisotopic (exact) mass is 501 g/mol. The maximum Gasteiger partial charge on any atom is 0.308 e. The molecule has 1 aromatic heterocycles. The van der Waals surface area contributed by atoms with E-state index in [9.17, 15) is 14.7 Å². The third-order valence-corrected chi connectivity index (χ3v) is 6.78. The van der Waals surface area contributed by atoms with Crippen LogP contribution in [0.3, 0.4) is 0 Å². The minimum Gasteiger partial charge on any atom is -0.481 e. The van der Waals surface area contributed by atoms with Gasteiger partial charge in [0.05, 0.1) is 25.3 Å². The third kappa shape index (κ3) is 5.99. The minimum absolute atomic E-state index is 0.0779. The number of carboxylic acids is 1. The zero-order chi connectivity index (χ0) is 25.5. The molecule has 1 aromatic carbocycles. The Hall–Kier alpha value is -3.11. The number of carbonyl (C=O) groups excluding carboxylic acids is 1. The summed E-state index contributed by atoms with van der Waals surface area (Å²) in [5, 5.41) is 11.8. The van der Waals surface area contributed by atoms with Crippen molar-refractivity contribution in [2.24, 2.45) is 5.92 Å². The summed E-state index contributed by atoms with van der Waals surface area (Å²) in [5.74, 6) is -0.276. The maximum atomic E-state index is 13.3. The quantitative estimate of drug-likeness (QED) is 0.412. The topological polar surface area (TPSA) is 115 Å². The Balaban J connectivity index is 1.58. The second-order valence-electron chi connectivity index (χ2n) is 9.23. The Bertz CT molecular complexity index is 1000. The number of ether oxygens (including phenoxy) is 2. The maximum absolute atomic E-state index is 13.3. The van der Waals surface area contributed by atoms with Crippen LogP contribution in [0.4, 0.5) is 0 Å². The number of carboxylic acid groups (broad SMARTS) is 1. The van der Waals surface area contributed by atoms with Gasteiger partial charge in [-0.15, -0.1) is 0 Å². The average molecular weight is 502 g/mol. The van der Waals surface area contributed by atoms with Crippen molar-refractivity contribution in [2.45, 2.75) is 57.9 Å². The zero-order valence-corrected chi connectivity index (χ0v) is 20.9. The van der Waals surface area contributed by atoms with Crippen LogP contribution in [0, 0.1) is 5.92 Å². The first-order valence-corrected chi connectivity index (χ1v) is 12.7. The number of aliphatic carboxylic acids is 1. The second-order valence-corrected chi connectivity index (χ2v) is 9.23. The van der Waals surface area contributed by atoms with Crippen LogP contribution in [0.5, 0.6) is 11.5 Å². The molecule has 0 bridgehead atoms. The lowest BCUT2D eigenvalue weighted by atomic mass is 9.83. The molecule has 36 heavy (non-hydrogen) atoms. The van der Waals surface area contributed by atoms with Crippen molar-refractivity contribution < 1.29 is 33.4 Å². The molecule has 10 nitrogen and oxygen atoms in total. The number of aromatic nitrogens is 1. The summed E-state index contributed by atoms with van der Waals surface area (Å²) in [5.41, 5.74) is 0.854. The molecule has 196 valence electrons. The van der Waals surface area contributed by atoms with Gasteiger partial charge in [-0.25, -0.2) is 10.0 Å². The Labute approximate surface area is 211 Å². The van der Waals surface area contributed by atoms with Crippen LogP contribution in [0.1, 0.15) is 56.9 Å². The lowest BCUT2D eigenvalue weighted by Gasteiger charge is -2.29. The molecule has 0 unspecified atom stereocenters. The Kier molecular flexibility index (Phi) is 8.82. The van der Waals surface area contributed by atoms with Crippen molar-refractivity contribution in [2.75, 3.05) is 33.0 Å². The molecule has 4 rings (SSSR count). The highest BCUT2D eigenvalue weighted by atomic mass is 16.7. The predicted octanol–water partition coefficient (Wildman–Crippen LogP) is 3.48. The summed E-state index contributed by atoms with van der Waals surface area (Å²) >= 11 is 0. The number of nitrogens with zero attached hydrogens (tertiary/aromatic N) is 3. The number of oxazole rings is 1. The summed E-state index contributed by atoms with van der Waals surface area (Å²) in [6.45, 7) is 5.68. The lowest BCUT2D eigenvalue weighted by molar-refractivity contribution is -0.188. The van der Waals surface area contributed by atoms with Crippen molar-refractivity contribution in [1.29, 1.82) is 0 Å². The van der Waals surface area contributed by atoms with Crippen LogP contribution in [0.15, 0.2) is 35.1 Å². The minimum atomic E-state index is -0.893. The van der Waals surface area contributed by atoms with Crippen molar-refractivity contribution >= 4 is 11.9 Å². The van der Waals surface area contributed by atoms with Crippen LogP contribution in [0.2, 0.25) is 0 Å². The number of hydroxylamine groups is 2. The van der Waals surface area contributed by atoms with Gasteiger partial charge in [-0.2, -0.15) is 0 Å². The molecule has 0 radical (unpaired) electrons. The molecule has 3 atom stereocenters. The highest BCUT2D eigenvalue weighted by molar-refractivity contribution is 5.78. The van der Waals surface area contributed by atoms with E-state index in [1.54, 1.807) is 6.20 Å². The number of rotatable bonds is 13. The molecule has 0 spiro atoms. The van der Waals surface area contributed by atoms with Gasteiger partial charge in [0.25, 0.3) is 5.91 Å². The molecule has 2 aromatic rings. The van der Waals surface area contributed by atoms with Gasteiger partial charge in [0.15, 0.2) is 17.4 Å². The molecule has 2 aliphatic rings. The number of carbonyl (C=O) groups is 2. The van der Waals surface area contributed by atoms with Crippen LogP contribution in [-0.4, -0.2) is 71.0 Å². The molecule has 10 heteroatoms. The summed E-state index contributed by atoms with van der Waals surface area (Å²) < 4.78 is 16.4. The molecule has 2 aliphatic heterocycles. The molecule has 0 saturated carbocycles. The standard InChI is InChI=1S/C26H35N3O7/c1-3-5-11-29(36-12-4-2)24(30)16-28-15-19(18-6-8-21-22(14-18)35-17-34-21)25(26(31)32)20(28)7-9-23-27-10-13-33-23/h6,8,10,13-14,19-20,25H,3-5,7,9,11-12,15-17H2,1-2H3,(H,31,32)/t19-,20-,25+/m1/s1. The first-order valence-electron chi connectivity index (χ1n) is 12.7. The van der Waals surface area contributed by atoms with Crippen LogP contribution in [-0.2, 0) is 20.8 Å². The summed E-state index contributed by atoms with van der Waals surface area (Å²) in [4.78, 5) is 37.8. The second kappa shape index (κ2) is 12.2. The number of hydrogen-bond donors (Lipinski definition) is 1. The molecule has 1 saturated heterocycles. The summed E-state index contributed by atoms with van der Waals surface area (Å²) in [7, 11) is 0. The highest BCUT2D eigenvalue weighted by Gasteiger charge is 2.47. The molecular weight excluding hydrogens is 466 g/mol. The predicted molar refractivity (Wildman–Crippen MR) is 129 cm³/mol. The van der Waals surface area contributed by atoms with E-state index in [1.807, 2.05) is 30.0 Å². The van der Waals surface area contributed by atoms with Gasteiger partial charge in [0.2, 0.25) is 6.79 Å². The van der Waals surface area contributed by atoms with Crippen molar-refractivity contribution in [3.05, 3.63) is 42.1 Å². The van der Waals surface area contributed by atoms with Gasteiger partial charge in [-0.05, 0) is 37.0 Å². The lowest BCUT2D eigenvalue weighted by Crippen LogP contribution is -2.44. The van der Waals surface area contributed by atoms with Crippen molar-refractivity contribution in [3.63, 3.8) is 0 Å². The van der Waals surface area contributed by atoms with Crippen LogP contribution in [0.25, 0.3) is 0 Å². The van der Waals surface area contributed by atoms with E-state index < -0.39 is 11.9 Å². The highest BCUT2D eigenvalue weighted by Crippen LogP contribution is 2.43. The fraction of sp³-hybridized carbons (Fsp3) is 0.577. The Morgan fingerprint density at radius 1 is 1.22 bits per heavy atom. The first kappa shape index (κ1) is 26.0. The molecule has 1 fully saturated rings. The summed E-state index contributed by atoms with van der Waals surface area (Å²) in [6.07, 6.45) is 6.63. The molecule has 1 N–H and O–H groups in total. The van der Waals surface area contributed by atoms with Gasteiger partial charge >= 0.3 is 5.97 Å². The fourth-order valence-electron chi connectivity index (χ4n) is 5.00. The molecule has 0 aliphatic carbocycles. The molecule has 3 heterocycles. The Morgan fingerprint density at radius 2 is 2.06 bits per heavy atom. The number of hydrogen-bond acceptors (Lipinski definition) is 8. The van der Waals surface area contributed by atoms with Gasteiger partial charge in [0, 0.05) is 31.5 Å². The van der Waals surface area contributed by atoms with Crippen LogP contribution < -0.4 is 9.47 Å². The number of benzene rings is 1. The van der Waals surface area contributed by atoms with E-state index >= 15 is 0 Å². The van der Waals surface area contributed by atoms with Gasteiger partial charge in [-0.3, -0.25) is 19.3 Å². The number of likely N-dealkylation sites (tertiary alicyclic amines) is 1. The van der Waals surface area contributed by atoms with Gasteiger partial charge in [0.1, 0.15) is 6.26 Å². The smallest absolute Gasteiger partial charge is 0.308 e. The SMILES string of the molecule is CCCCN(OCCC)C(=O)CN1C[C@H](c2ccc3c(c2)OCO3)[C@H](C(=O)O)[C@H]1CCc1ncco1. The van der Waals surface area contributed by atoms with E-state index in [0.29, 0.717) is 49.9 Å². The molecule has 1 amide bonds. The van der Waals surface area contributed by atoms with E-state index in [4.69, 9.17) is 18.7 Å². The Morgan fingerprint density at radius 3 is 2.78 bits per heavy atom. The zero-order valence-electron chi connectivity index (χ0n) is 20.9. The third-order valence-electron chi connectivity index (χ3n) is 6.78. The van der Waals surface area contributed by atoms with Gasteiger partial charge in [-0.1, -0.05) is 26.3 Å². The number of unbranched alkanes of at least 4 members (excludes halogenated alkanes) is 1.